The number of rotatable bonds is 5. The number of likely N-dealkylation sites (tertiary alicyclic amines) is 1. The standard InChI is InChI=1S/C18H23N5O/c1-23-10-2-3-16(23)8-9-20-17(24)14-6-4-13(5-7-14)15-11-21-18(19)22-12-15/h4-7,11-12,16H,2-3,8-10H2,1H3,(H,20,24)(H2,19,21,22)/t16-/m0/s1. The third-order valence-corrected chi connectivity index (χ3v) is 4.59. The fourth-order valence-electron chi connectivity index (χ4n) is 3.10. The average molecular weight is 325 g/mol. The summed E-state index contributed by atoms with van der Waals surface area (Å²) in [4.78, 5) is 22.6. The molecule has 6 heteroatoms. The number of anilines is 1. The predicted molar refractivity (Wildman–Crippen MR) is 94.5 cm³/mol. The molecule has 1 atom stereocenters. The first kappa shape index (κ1) is 16.4. The van der Waals surface area contributed by atoms with Crippen molar-refractivity contribution in [2.24, 2.45) is 0 Å². The Morgan fingerprint density at radius 3 is 2.58 bits per heavy atom. The van der Waals surface area contributed by atoms with Gasteiger partial charge >= 0.3 is 0 Å². The number of aromatic nitrogens is 2. The van der Waals surface area contributed by atoms with Gasteiger partial charge in [0.15, 0.2) is 0 Å². The predicted octanol–water partition coefficient (Wildman–Crippen LogP) is 1.94. The van der Waals surface area contributed by atoms with Gasteiger partial charge in [0.2, 0.25) is 5.95 Å². The number of amides is 1. The quantitative estimate of drug-likeness (QED) is 0.877. The molecule has 1 aliphatic heterocycles. The van der Waals surface area contributed by atoms with E-state index >= 15 is 0 Å². The fraction of sp³-hybridized carbons (Fsp3) is 0.389. The monoisotopic (exact) mass is 325 g/mol. The Morgan fingerprint density at radius 1 is 1.25 bits per heavy atom. The van der Waals surface area contributed by atoms with Crippen molar-refractivity contribution in [3.8, 4) is 11.1 Å². The molecule has 3 N–H and O–H groups in total. The minimum absolute atomic E-state index is 0.0317. The SMILES string of the molecule is CN1CCC[C@H]1CCNC(=O)c1ccc(-c2cnc(N)nc2)cc1. The van der Waals surface area contributed by atoms with E-state index in [1.54, 1.807) is 12.4 Å². The number of nitrogens with one attached hydrogen (secondary N) is 1. The molecule has 0 saturated carbocycles. The number of hydrogen-bond acceptors (Lipinski definition) is 5. The highest BCUT2D eigenvalue weighted by atomic mass is 16.1. The molecule has 6 nitrogen and oxygen atoms in total. The lowest BCUT2D eigenvalue weighted by atomic mass is 10.1. The Bertz CT molecular complexity index is 684. The first-order chi connectivity index (χ1) is 11.6. The van der Waals surface area contributed by atoms with E-state index in [-0.39, 0.29) is 11.9 Å². The summed E-state index contributed by atoms with van der Waals surface area (Å²) in [5.41, 5.74) is 7.99. The maximum absolute atomic E-state index is 12.2. The third kappa shape index (κ3) is 3.89. The van der Waals surface area contributed by atoms with Crippen LogP contribution in [0.3, 0.4) is 0 Å². The number of nitrogens with two attached hydrogens (primary N) is 1. The Hall–Kier alpha value is -2.47. The summed E-state index contributed by atoms with van der Waals surface area (Å²) >= 11 is 0. The smallest absolute Gasteiger partial charge is 0.251 e. The van der Waals surface area contributed by atoms with Crippen LogP contribution in [0.4, 0.5) is 5.95 Å². The molecule has 2 heterocycles. The Kier molecular flexibility index (Phi) is 5.05. The van der Waals surface area contributed by atoms with Gasteiger partial charge in [-0.3, -0.25) is 4.79 Å². The van der Waals surface area contributed by atoms with Crippen LogP contribution >= 0.6 is 0 Å². The van der Waals surface area contributed by atoms with Crippen LogP contribution in [0.25, 0.3) is 11.1 Å². The summed E-state index contributed by atoms with van der Waals surface area (Å²) in [5, 5.41) is 3.01. The average Bonchev–Trinajstić information content (AvgIpc) is 3.01. The second kappa shape index (κ2) is 7.40. The van der Waals surface area contributed by atoms with Crippen LogP contribution in [-0.4, -0.2) is 47.0 Å². The van der Waals surface area contributed by atoms with Gasteiger partial charge in [0.25, 0.3) is 5.91 Å². The van der Waals surface area contributed by atoms with E-state index < -0.39 is 0 Å². The lowest BCUT2D eigenvalue weighted by Gasteiger charge is -2.19. The van der Waals surface area contributed by atoms with Crippen molar-refractivity contribution in [1.29, 1.82) is 0 Å². The lowest BCUT2D eigenvalue weighted by Crippen LogP contribution is -2.31. The number of nitrogen functional groups attached to an aromatic ring is 1. The van der Waals surface area contributed by atoms with Crippen LogP contribution in [-0.2, 0) is 0 Å². The molecular formula is C18H23N5O. The molecule has 1 amide bonds. The minimum atomic E-state index is -0.0317. The molecule has 0 bridgehead atoms. The Morgan fingerprint density at radius 2 is 1.96 bits per heavy atom. The molecule has 126 valence electrons. The topological polar surface area (TPSA) is 84.1 Å². The van der Waals surface area contributed by atoms with Gasteiger partial charge in [0.05, 0.1) is 0 Å². The maximum atomic E-state index is 12.2. The van der Waals surface area contributed by atoms with Crippen LogP contribution in [0.15, 0.2) is 36.7 Å². The molecule has 2 aromatic rings. The number of nitrogens with zero attached hydrogens (tertiary/aromatic N) is 3. The first-order valence-corrected chi connectivity index (χ1v) is 8.30. The van der Waals surface area contributed by atoms with Gasteiger partial charge in [-0.2, -0.15) is 0 Å². The van der Waals surface area contributed by atoms with E-state index in [1.807, 2.05) is 24.3 Å². The van der Waals surface area contributed by atoms with E-state index in [0.717, 1.165) is 24.1 Å². The molecule has 0 spiro atoms. The molecule has 1 aromatic heterocycles. The van der Waals surface area contributed by atoms with Crippen molar-refractivity contribution < 1.29 is 4.79 Å². The number of hydrogen-bond donors (Lipinski definition) is 2. The molecule has 0 aliphatic carbocycles. The van der Waals surface area contributed by atoms with Gasteiger partial charge in [0, 0.05) is 36.1 Å². The van der Waals surface area contributed by atoms with Crippen molar-refractivity contribution in [2.75, 3.05) is 25.9 Å². The first-order valence-electron chi connectivity index (χ1n) is 8.30. The summed E-state index contributed by atoms with van der Waals surface area (Å²) in [7, 11) is 2.15. The number of benzene rings is 1. The van der Waals surface area contributed by atoms with Crippen LogP contribution in [0.2, 0.25) is 0 Å². The van der Waals surface area contributed by atoms with Gasteiger partial charge in [-0.25, -0.2) is 9.97 Å². The number of carbonyl (C=O) groups is 1. The molecule has 1 aliphatic rings. The van der Waals surface area contributed by atoms with E-state index in [4.69, 9.17) is 5.73 Å². The summed E-state index contributed by atoms with van der Waals surface area (Å²) < 4.78 is 0. The van der Waals surface area contributed by atoms with E-state index in [1.165, 1.54) is 12.8 Å². The van der Waals surface area contributed by atoms with Gasteiger partial charge < -0.3 is 16.0 Å². The molecule has 1 fully saturated rings. The number of carbonyl (C=O) groups excluding carboxylic acids is 1. The van der Waals surface area contributed by atoms with Gasteiger partial charge in [0.1, 0.15) is 0 Å². The Labute approximate surface area is 142 Å². The van der Waals surface area contributed by atoms with Crippen LogP contribution in [0.1, 0.15) is 29.6 Å². The van der Waals surface area contributed by atoms with Crippen molar-refractivity contribution in [2.45, 2.75) is 25.3 Å². The fourth-order valence-corrected chi connectivity index (χ4v) is 3.10. The van der Waals surface area contributed by atoms with Crippen LogP contribution in [0.5, 0.6) is 0 Å². The summed E-state index contributed by atoms with van der Waals surface area (Å²) in [5.74, 6) is 0.221. The highest BCUT2D eigenvalue weighted by Crippen LogP contribution is 2.19. The second-order valence-electron chi connectivity index (χ2n) is 6.23. The zero-order chi connectivity index (χ0) is 16.9. The van der Waals surface area contributed by atoms with Crippen molar-refractivity contribution in [3.63, 3.8) is 0 Å². The summed E-state index contributed by atoms with van der Waals surface area (Å²) in [6.45, 7) is 1.87. The zero-order valence-electron chi connectivity index (χ0n) is 13.9. The normalized spacial score (nSPS) is 17.8. The van der Waals surface area contributed by atoms with Crippen molar-refractivity contribution in [3.05, 3.63) is 42.2 Å². The molecule has 3 rings (SSSR count). The van der Waals surface area contributed by atoms with Crippen molar-refractivity contribution >= 4 is 11.9 Å². The largest absolute Gasteiger partial charge is 0.368 e. The lowest BCUT2D eigenvalue weighted by molar-refractivity contribution is 0.0950. The molecule has 0 unspecified atom stereocenters. The van der Waals surface area contributed by atoms with E-state index in [2.05, 4.69) is 27.2 Å². The van der Waals surface area contributed by atoms with Gasteiger partial charge in [-0.05, 0) is 50.6 Å². The molecule has 0 radical (unpaired) electrons. The molecule has 24 heavy (non-hydrogen) atoms. The third-order valence-electron chi connectivity index (χ3n) is 4.59. The van der Waals surface area contributed by atoms with Crippen molar-refractivity contribution in [1.82, 2.24) is 20.2 Å². The molecular weight excluding hydrogens is 302 g/mol. The highest BCUT2D eigenvalue weighted by molar-refractivity contribution is 5.94. The van der Waals surface area contributed by atoms with E-state index in [9.17, 15) is 4.79 Å². The van der Waals surface area contributed by atoms with Crippen LogP contribution < -0.4 is 11.1 Å². The summed E-state index contributed by atoms with van der Waals surface area (Å²) in [6, 6.07) is 8.03. The molecule has 1 aromatic carbocycles. The van der Waals surface area contributed by atoms with E-state index in [0.29, 0.717) is 18.2 Å². The van der Waals surface area contributed by atoms with Gasteiger partial charge in [-0.15, -0.1) is 0 Å². The second-order valence-corrected chi connectivity index (χ2v) is 6.23. The Balaban J connectivity index is 1.54. The molecule has 1 saturated heterocycles. The minimum Gasteiger partial charge on any atom is -0.368 e. The zero-order valence-corrected chi connectivity index (χ0v) is 13.9. The highest BCUT2D eigenvalue weighted by Gasteiger charge is 2.20. The van der Waals surface area contributed by atoms with Crippen LogP contribution in [0, 0.1) is 0 Å². The maximum Gasteiger partial charge on any atom is 0.251 e. The summed E-state index contributed by atoms with van der Waals surface area (Å²) in [6.07, 6.45) is 6.84. The van der Waals surface area contributed by atoms with Gasteiger partial charge in [-0.1, -0.05) is 12.1 Å².